The van der Waals surface area contributed by atoms with Gasteiger partial charge in [-0.15, -0.1) is 0 Å². The number of carboxylic acid groups (broad SMARTS) is 1. The van der Waals surface area contributed by atoms with Gasteiger partial charge in [0, 0.05) is 23.0 Å². The molecule has 0 bridgehead atoms. The first-order chi connectivity index (χ1) is 20.3. The maximum Gasteiger partial charge on any atom is 0.330 e. The molecule has 6 rings (SSSR count). The first-order valence-electron chi connectivity index (χ1n) is 14.4. The lowest BCUT2D eigenvalue weighted by atomic mass is 10.0. The summed E-state index contributed by atoms with van der Waals surface area (Å²) in [5.41, 5.74) is 0.184. The van der Waals surface area contributed by atoms with Crippen LogP contribution in [-0.4, -0.2) is 63.0 Å². The molecular weight excluding hydrogens is 576 g/mol. The molecule has 2 fully saturated rings. The molecule has 5 atom stereocenters. The van der Waals surface area contributed by atoms with Crippen LogP contribution in [0.1, 0.15) is 44.9 Å². The van der Waals surface area contributed by atoms with Crippen LogP contribution in [0.4, 0.5) is 5.69 Å². The van der Waals surface area contributed by atoms with Gasteiger partial charge in [-0.2, -0.15) is 0 Å². The highest BCUT2D eigenvalue weighted by atomic mass is 35.5. The summed E-state index contributed by atoms with van der Waals surface area (Å²) in [4.78, 5) is 46.4. The van der Waals surface area contributed by atoms with Crippen molar-refractivity contribution >= 4 is 56.6 Å². The molecule has 3 heterocycles. The van der Waals surface area contributed by atoms with Crippen LogP contribution in [0, 0.1) is 5.92 Å². The number of aromatic nitrogens is 1. The van der Waals surface area contributed by atoms with E-state index in [1.54, 1.807) is 17.0 Å². The standard InChI is InChI=1S/C31H33ClN4O5S/c32-20-10-8-11-21(15-20)33-24-13-5-3-1-2-4-9-19-17-31(19,29(39)40)35-27(37)25-16-22(18-36(25)28(24)38)41-30-34-23-12-6-7-14-26(23)42-30/h4,6-12,14-15,19,22,24-25,33H,1-3,5,13,16-18H2,(H,35,37)(H,39,40)/b9-4-/t19-,22+,24-,25-,31+/m0/s1. The van der Waals surface area contributed by atoms with Crippen molar-refractivity contribution < 1.29 is 24.2 Å². The Morgan fingerprint density at radius 2 is 2.02 bits per heavy atom. The zero-order valence-corrected chi connectivity index (χ0v) is 24.6. The third-order valence-electron chi connectivity index (χ3n) is 8.33. The molecule has 1 saturated heterocycles. The molecule has 2 aliphatic heterocycles. The number of hydrogen-bond acceptors (Lipinski definition) is 7. The first-order valence-corrected chi connectivity index (χ1v) is 15.6. The molecule has 9 nitrogen and oxygen atoms in total. The van der Waals surface area contributed by atoms with E-state index in [9.17, 15) is 19.5 Å². The zero-order valence-electron chi connectivity index (χ0n) is 23.0. The van der Waals surface area contributed by atoms with E-state index in [1.165, 1.54) is 11.3 Å². The van der Waals surface area contributed by atoms with Gasteiger partial charge in [-0.25, -0.2) is 9.78 Å². The molecule has 1 saturated carbocycles. The molecule has 0 spiro atoms. The number of aliphatic carboxylic acids is 1. The van der Waals surface area contributed by atoms with Gasteiger partial charge < -0.3 is 25.4 Å². The smallest absolute Gasteiger partial charge is 0.330 e. The SMILES string of the molecule is O=C1N[C@]2(C(=O)O)C[C@@H]2/C=C\CCCCC[C@H](Nc2cccc(Cl)c2)C(=O)N2C[C@H](Oc3nc4ccccc4s3)C[C@@H]12. The van der Waals surface area contributed by atoms with Crippen molar-refractivity contribution in [3.63, 3.8) is 0 Å². The molecule has 42 heavy (non-hydrogen) atoms. The summed E-state index contributed by atoms with van der Waals surface area (Å²) in [5.74, 6) is -2.04. The summed E-state index contributed by atoms with van der Waals surface area (Å²) in [7, 11) is 0. The van der Waals surface area contributed by atoms with Crippen LogP contribution in [0.25, 0.3) is 10.2 Å². The van der Waals surface area contributed by atoms with Gasteiger partial charge in [-0.3, -0.25) is 9.59 Å². The van der Waals surface area contributed by atoms with Crippen LogP contribution >= 0.6 is 22.9 Å². The predicted octanol–water partition coefficient (Wildman–Crippen LogP) is 5.26. The van der Waals surface area contributed by atoms with Crippen molar-refractivity contribution in [3.05, 3.63) is 65.7 Å². The van der Waals surface area contributed by atoms with Crippen LogP contribution in [0.5, 0.6) is 5.19 Å². The number of para-hydroxylation sites is 1. The van der Waals surface area contributed by atoms with E-state index in [-0.39, 0.29) is 24.8 Å². The number of carboxylic acids is 1. The molecule has 1 aliphatic carbocycles. The predicted molar refractivity (Wildman–Crippen MR) is 162 cm³/mol. The Morgan fingerprint density at radius 3 is 2.83 bits per heavy atom. The average Bonchev–Trinajstić information content (AvgIpc) is 3.28. The fourth-order valence-corrected chi connectivity index (χ4v) is 7.04. The number of rotatable bonds is 5. The number of fused-ring (bicyclic) bond motifs is 3. The van der Waals surface area contributed by atoms with Gasteiger partial charge in [-0.05, 0) is 56.0 Å². The third-order valence-corrected chi connectivity index (χ3v) is 9.49. The zero-order chi connectivity index (χ0) is 29.3. The number of amides is 2. The molecule has 2 aromatic carbocycles. The number of thiazole rings is 1. The van der Waals surface area contributed by atoms with E-state index in [0.29, 0.717) is 23.1 Å². The van der Waals surface area contributed by atoms with Crippen molar-refractivity contribution in [2.75, 3.05) is 11.9 Å². The number of nitrogens with one attached hydrogen (secondary N) is 2. The Bertz CT molecular complexity index is 1490. The highest BCUT2D eigenvalue weighted by Crippen LogP contribution is 2.45. The molecule has 220 valence electrons. The molecule has 2 amide bonds. The van der Waals surface area contributed by atoms with Gasteiger partial charge in [0.25, 0.3) is 5.19 Å². The van der Waals surface area contributed by atoms with E-state index in [1.807, 2.05) is 48.6 Å². The van der Waals surface area contributed by atoms with E-state index < -0.39 is 35.6 Å². The minimum absolute atomic E-state index is 0.184. The van der Waals surface area contributed by atoms with E-state index >= 15 is 0 Å². The lowest BCUT2D eigenvalue weighted by molar-refractivity contribution is -0.145. The maximum atomic E-state index is 14.2. The number of hydrogen-bond donors (Lipinski definition) is 3. The van der Waals surface area contributed by atoms with Crippen molar-refractivity contribution in [3.8, 4) is 5.19 Å². The maximum absolute atomic E-state index is 14.2. The summed E-state index contributed by atoms with van der Waals surface area (Å²) in [5, 5.41) is 17.3. The second-order valence-corrected chi connectivity index (χ2v) is 12.7. The molecule has 11 heteroatoms. The number of carbonyl (C=O) groups excluding carboxylic acids is 2. The normalized spacial score (nSPS) is 29.0. The highest BCUT2D eigenvalue weighted by molar-refractivity contribution is 7.20. The molecule has 0 unspecified atom stereocenters. The molecule has 0 radical (unpaired) electrons. The number of ether oxygens (including phenoxy) is 1. The first kappa shape index (κ1) is 28.5. The van der Waals surface area contributed by atoms with E-state index in [2.05, 4.69) is 15.6 Å². The summed E-state index contributed by atoms with van der Waals surface area (Å²) in [6.07, 6.45) is 8.06. The largest absolute Gasteiger partial charge is 0.479 e. The molecule has 3 aliphatic rings. The molecule has 3 aromatic rings. The molecule has 1 aromatic heterocycles. The van der Waals surface area contributed by atoms with Gasteiger partial charge >= 0.3 is 5.97 Å². The van der Waals surface area contributed by atoms with Crippen molar-refractivity contribution in [2.24, 2.45) is 5.92 Å². The number of carbonyl (C=O) groups is 3. The minimum Gasteiger partial charge on any atom is -0.479 e. The number of nitrogens with zero attached hydrogens (tertiary/aromatic N) is 2. The Labute approximate surface area is 252 Å². The van der Waals surface area contributed by atoms with Crippen LogP contribution in [-0.2, 0) is 14.4 Å². The monoisotopic (exact) mass is 608 g/mol. The average molecular weight is 609 g/mol. The van der Waals surface area contributed by atoms with Crippen LogP contribution in [0.2, 0.25) is 5.02 Å². The number of halogens is 1. The number of benzene rings is 2. The van der Waals surface area contributed by atoms with Gasteiger partial charge in [0.2, 0.25) is 11.8 Å². The Balaban J connectivity index is 1.29. The fourth-order valence-electron chi connectivity index (χ4n) is 5.97. The van der Waals surface area contributed by atoms with Gasteiger partial charge in [0.1, 0.15) is 23.7 Å². The van der Waals surface area contributed by atoms with Crippen molar-refractivity contribution in [1.82, 2.24) is 15.2 Å². The minimum atomic E-state index is -1.35. The van der Waals surface area contributed by atoms with Gasteiger partial charge in [0.05, 0.1) is 16.8 Å². The Morgan fingerprint density at radius 1 is 1.17 bits per heavy atom. The van der Waals surface area contributed by atoms with E-state index in [0.717, 1.165) is 41.6 Å². The number of allylic oxidation sites excluding steroid dienone is 1. The second-order valence-electron chi connectivity index (χ2n) is 11.3. The summed E-state index contributed by atoms with van der Waals surface area (Å²) in [6, 6.07) is 13.5. The summed E-state index contributed by atoms with van der Waals surface area (Å²) in [6.45, 7) is 0.184. The van der Waals surface area contributed by atoms with Gasteiger partial charge in [-0.1, -0.05) is 66.1 Å². The Kier molecular flexibility index (Phi) is 8.09. The Hall–Kier alpha value is -3.63. The van der Waals surface area contributed by atoms with Crippen molar-refractivity contribution in [2.45, 2.75) is 68.7 Å². The second kappa shape index (κ2) is 11.9. The molecule has 3 N–H and O–H groups in total. The summed E-state index contributed by atoms with van der Waals surface area (Å²) < 4.78 is 7.23. The lowest BCUT2D eigenvalue weighted by Gasteiger charge is -2.30. The quantitative estimate of drug-likeness (QED) is 0.338. The van der Waals surface area contributed by atoms with E-state index in [4.69, 9.17) is 16.3 Å². The highest BCUT2D eigenvalue weighted by Gasteiger charge is 2.61. The summed E-state index contributed by atoms with van der Waals surface area (Å²) >= 11 is 7.63. The van der Waals surface area contributed by atoms with Gasteiger partial charge in [0.15, 0.2) is 0 Å². The topological polar surface area (TPSA) is 121 Å². The van der Waals surface area contributed by atoms with Crippen LogP contribution in [0.15, 0.2) is 60.7 Å². The fraction of sp³-hybridized carbons (Fsp3) is 0.419. The van der Waals surface area contributed by atoms with Crippen molar-refractivity contribution in [1.29, 1.82) is 0 Å². The van der Waals surface area contributed by atoms with Crippen LogP contribution in [0.3, 0.4) is 0 Å². The third kappa shape index (κ3) is 5.96. The lowest BCUT2D eigenvalue weighted by Crippen LogP contribution is -2.55. The number of anilines is 1. The molecular formula is C31H33ClN4O5S. The van der Waals surface area contributed by atoms with Crippen LogP contribution < -0.4 is 15.4 Å².